The summed E-state index contributed by atoms with van der Waals surface area (Å²) in [6.07, 6.45) is 1.10. The highest BCUT2D eigenvalue weighted by atomic mass is 16.4. The van der Waals surface area contributed by atoms with Crippen molar-refractivity contribution in [2.75, 3.05) is 6.54 Å². The molecule has 0 heterocycles. The summed E-state index contributed by atoms with van der Waals surface area (Å²) in [6, 6.07) is 9.59. The van der Waals surface area contributed by atoms with Gasteiger partial charge in [-0.3, -0.25) is 4.79 Å². The van der Waals surface area contributed by atoms with Crippen molar-refractivity contribution in [2.24, 2.45) is 0 Å². The molecule has 0 radical (unpaired) electrons. The highest BCUT2D eigenvalue weighted by molar-refractivity contribution is 5.75. The van der Waals surface area contributed by atoms with Crippen molar-refractivity contribution in [3.63, 3.8) is 0 Å². The Balaban J connectivity index is 2.72. The van der Waals surface area contributed by atoms with E-state index in [1.165, 1.54) is 0 Å². The van der Waals surface area contributed by atoms with Gasteiger partial charge in [0.15, 0.2) is 0 Å². The number of benzene rings is 1. The first-order valence-corrected chi connectivity index (χ1v) is 7.76. The number of carbonyl (C=O) groups is 2. The lowest BCUT2D eigenvalue weighted by molar-refractivity contribution is -0.137. The maximum atomic E-state index is 12.3. The summed E-state index contributed by atoms with van der Waals surface area (Å²) in [5.41, 5.74) is 1.09. The number of aliphatic carboxylic acids is 1. The van der Waals surface area contributed by atoms with Crippen LogP contribution in [0.2, 0.25) is 0 Å². The Morgan fingerprint density at radius 1 is 1.23 bits per heavy atom. The van der Waals surface area contributed by atoms with Gasteiger partial charge in [0.05, 0.1) is 0 Å². The monoisotopic (exact) mass is 306 g/mol. The van der Waals surface area contributed by atoms with Crippen LogP contribution in [0.25, 0.3) is 0 Å². The van der Waals surface area contributed by atoms with Crippen molar-refractivity contribution >= 4 is 12.0 Å². The number of carboxylic acids is 1. The van der Waals surface area contributed by atoms with Gasteiger partial charge in [0.25, 0.3) is 0 Å². The third kappa shape index (κ3) is 6.16. The molecule has 1 aromatic rings. The molecule has 0 aliphatic heterocycles. The van der Waals surface area contributed by atoms with Gasteiger partial charge in [0, 0.05) is 25.0 Å². The van der Waals surface area contributed by atoms with E-state index >= 15 is 0 Å². The van der Waals surface area contributed by atoms with Gasteiger partial charge in [0.2, 0.25) is 0 Å². The minimum absolute atomic E-state index is 0.0472. The fourth-order valence-electron chi connectivity index (χ4n) is 2.42. The Morgan fingerprint density at radius 3 is 2.36 bits per heavy atom. The van der Waals surface area contributed by atoms with Crippen LogP contribution in [0.3, 0.4) is 0 Å². The van der Waals surface area contributed by atoms with E-state index in [1.54, 1.807) is 4.90 Å². The number of carboxylic acid groups (broad SMARTS) is 1. The molecule has 122 valence electrons. The topological polar surface area (TPSA) is 69.6 Å². The van der Waals surface area contributed by atoms with E-state index in [4.69, 9.17) is 5.11 Å². The van der Waals surface area contributed by atoms with Crippen molar-refractivity contribution in [2.45, 2.75) is 52.1 Å². The van der Waals surface area contributed by atoms with E-state index < -0.39 is 5.97 Å². The maximum absolute atomic E-state index is 12.3. The van der Waals surface area contributed by atoms with Crippen molar-refractivity contribution in [1.29, 1.82) is 0 Å². The van der Waals surface area contributed by atoms with Gasteiger partial charge >= 0.3 is 12.0 Å². The average Bonchev–Trinajstić information content (AvgIpc) is 2.46. The molecular weight excluding hydrogens is 280 g/mol. The molecule has 0 saturated heterocycles. The molecule has 0 aliphatic carbocycles. The summed E-state index contributed by atoms with van der Waals surface area (Å²) in [6.45, 7) is 6.49. The number of rotatable bonds is 8. The van der Waals surface area contributed by atoms with Crippen LogP contribution in [0.4, 0.5) is 4.79 Å². The minimum atomic E-state index is -0.844. The largest absolute Gasteiger partial charge is 0.481 e. The zero-order valence-corrected chi connectivity index (χ0v) is 13.6. The smallest absolute Gasteiger partial charge is 0.317 e. The van der Waals surface area contributed by atoms with Crippen molar-refractivity contribution < 1.29 is 14.7 Å². The third-order valence-corrected chi connectivity index (χ3v) is 3.58. The Labute approximate surface area is 132 Å². The van der Waals surface area contributed by atoms with Crippen LogP contribution in [0.1, 0.15) is 39.2 Å². The Bertz CT molecular complexity index is 474. The van der Waals surface area contributed by atoms with E-state index in [2.05, 4.69) is 5.32 Å². The number of urea groups is 1. The van der Waals surface area contributed by atoms with Crippen LogP contribution in [0.5, 0.6) is 0 Å². The summed E-state index contributed by atoms with van der Waals surface area (Å²) < 4.78 is 0. The van der Waals surface area contributed by atoms with E-state index in [0.717, 1.165) is 5.56 Å². The number of hydrogen-bond donors (Lipinski definition) is 2. The second kappa shape index (κ2) is 9.07. The number of nitrogens with one attached hydrogen (secondary N) is 1. The number of hydrogen-bond acceptors (Lipinski definition) is 2. The number of carbonyl (C=O) groups excluding carboxylic acids is 1. The molecule has 0 fully saturated rings. The van der Waals surface area contributed by atoms with Crippen molar-refractivity contribution in [3.8, 4) is 0 Å². The Morgan fingerprint density at radius 2 is 1.86 bits per heavy atom. The summed E-state index contributed by atoms with van der Waals surface area (Å²) in [5.74, 6) is -0.844. The molecule has 1 atom stereocenters. The summed E-state index contributed by atoms with van der Waals surface area (Å²) in [7, 11) is 0. The lowest BCUT2D eigenvalue weighted by atomic mass is 10.0. The van der Waals surface area contributed by atoms with Crippen LogP contribution in [-0.2, 0) is 11.2 Å². The highest BCUT2D eigenvalue weighted by Gasteiger charge is 2.20. The Kier molecular flexibility index (Phi) is 7.43. The van der Waals surface area contributed by atoms with Gasteiger partial charge in [-0.25, -0.2) is 4.79 Å². The van der Waals surface area contributed by atoms with E-state index in [0.29, 0.717) is 19.4 Å². The van der Waals surface area contributed by atoms with Gasteiger partial charge < -0.3 is 15.3 Å². The summed E-state index contributed by atoms with van der Waals surface area (Å²) in [5, 5.41) is 11.9. The first-order chi connectivity index (χ1) is 10.4. The van der Waals surface area contributed by atoms with E-state index in [-0.39, 0.29) is 24.5 Å². The standard InChI is InChI=1S/C17H26N2O3/c1-4-19(13(2)3)17(22)18-15(10-11-16(20)21)12-14-8-6-5-7-9-14/h5-9,13,15H,4,10-12H2,1-3H3,(H,18,22)(H,20,21). The molecule has 0 aliphatic rings. The molecule has 1 rings (SSSR count). The summed E-state index contributed by atoms with van der Waals surface area (Å²) in [4.78, 5) is 24.9. The summed E-state index contributed by atoms with van der Waals surface area (Å²) >= 11 is 0. The Hall–Kier alpha value is -2.04. The molecule has 0 saturated carbocycles. The van der Waals surface area contributed by atoms with Crippen LogP contribution >= 0.6 is 0 Å². The highest BCUT2D eigenvalue weighted by Crippen LogP contribution is 2.09. The quantitative estimate of drug-likeness (QED) is 0.776. The van der Waals surface area contributed by atoms with Crippen LogP contribution < -0.4 is 5.32 Å². The first kappa shape index (κ1) is 18.0. The predicted octanol–water partition coefficient (Wildman–Crippen LogP) is 2.90. The molecule has 1 aromatic carbocycles. The predicted molar refractivity (Wildman–Crippen MR) is 86.9 cm³/mol. The second-order valence-corrected chi connectivity index (χ2v) is 5.65. The molecule has 0 aromatic heterocycles. The molecule has 1 unspecified atom stereocenters. The molecule has 2 N–H and O–H groups in total. The molecule has 2 amide bonds. The number of nitrogens with zero attached hydrogens (tertiary/aromatic N) is 1. The zero-order valence-electron chi connectivity index (χ0n) is 13.6. The second-order valence-electron chi connectivity index (χ2n) is 5.65. The SMILES string of the molecule is CCN(C(=O)NC(CCC(=O)O)Cc1ccccc1)C(C)C. The maximum Gasteiger partial charge on any atom is 0.317 e. The van der Waals surface area contributed by atoms with Crippen molar-refractivity contribution in [3.05, 3.63) is 35.9 Å². The van der Waals surface area contributed by atoms with Crippen LogP contribution in [0.15, 0.2) is 30.3 Å². The molecule has 5 heteroatoms. The minimum Gasteiger partial charge on any atom is -0.481 e. The molecule has 0 bridgehead atoms. The van der Waals surface area contributed by atoms with Gasteiger partial charge in [0.1, 0.15) is 0 Å². The first-order valence-electron chi connectivity index (χ1n) is 7.76. The van der Waals surface area contributed by atoms with Crippen LogP contribution in [0, 0.1) is 0 Å². The van der Waals surface area contributed by atoms with E-state index in [1.807, 2.05) is 51.1 Å². The fraction of sp³-hybridized carbons (Fsp3) is 0.529. The third-order valence-electron chi connectivity index (χ3n) is 3.58. The molecular formula is C17H26N2O3. The van der Waals surface area contributed by atoms with Gasteiger partial charge in [-0.1, -0.05) is 30.3 Å². The number of amides is 2. The average molecular weight is 306 g/mol. The molecule has 0 spiro atoms. The van der Waals surface area contributed by atoms with Gasteiger partial charge in [-0.05, 0) is 39.2 Å². The lowest BCUT2D eigenvalue weighted by Crippen LogP contribution is -2.48. The normalized spacial score (nSPS) is 12.0. The van der Waals surface area contributed by atoms with Crippen LogP contribution in [-0.4, -0.2) is 40.6 Å². The van der Waals surface area contributed by atoms with Gasteiger partial charge in [-0.2, -0.15) is 0 Å². The fourth-order valence-corrected chi connectivity index (χ4v) is 2.42. The zero-order chi connectivity index (χ0) is 16.5. The van der Waals surface area contributed by atoms with Gasteiger partial charge in [-0.15, -0.1) is 0 Å². The lowest BCUT2D eigenvalue weighted by Gasteiger charge is -2.28. The molecule has 22 heavy (non-hydrogen) atoms. The van der Waals surface area contributed by atoms with Crippen molar-refractivity contribution in [1.82, 2.24) is 10.2 Å². The molecule has 5 nitrogen and oxygen atoms in total. The van der Waals surface area contributed by atoms with E-state index in [9.17, 15) is 9.59 Å².